The lowest BCUT2D eigenvalue weighted by molar-refractivity contribution is -0.122. The number of nitrogens with two attached hydrogens (primary N) is 1. The molecule has 0 aliphatic heterocycles. The van der Waals surface area contributed by atoms with Crippen molar-refractivity contribution < 1.29 is 13.6 Å². The van der Waals surface area contributed by atoms with Crippen molar-refractivity contribution in [3.63, 3.8) is 0 Å². The number of anilines is 1. The molecule has 1 fully saturated rings. The van der Waals surface area contributed by atoms with Crippen LogP contribution in [0, 0.1) is 11.6 Å². The monoisotopic (exact) mass is 290 g/mol. The normalized spacial score (nSPS) is 17.4. The molecular formula is C13H17ClF2N2O. The van der Waals surface area contributed by atoms with Crippen molar-refractivity contribution in [2.75, 3.05) is 5.32 Å². The second-order valence-electron chi connectivity index (χ2n) is 4.80. The fourth-order valence-corrected chi connectivity index (χ4v) is 2.24. The Hall–Kier alpha value is -1.20. The zero-order valence-electron chi connectivity index (χ0n) is 10.4. The first kappa shape index (κ1) is 15.9. The minimum atomic E-state index is -0.984. The van der Waals surface area contributed by atoms with Gasteiger partial charge in [-0.15, -0.1) is 12.4 Å². The lowest BCUT2D eigenvalue weighted by Crippen LogP contribution is -2.52. The highest BCUT2D eigenvalue weighted by atomic mass is 35.5. The Labute approximate surface area is 117 Å². The van der Waals surface area contributed by atoms with Gasteiger partial charge in [-0.3, -0.25) is 4.79 Å². The first-order chi connectivity index (χ1) is 8.51. The Bertz CT molecular complexity index is 462. The lowest BCUT2D eigenvalue weighted by Gasteiger charge is -2.31. The Morgan fingerprint density at radius 1 is 1.16 bits per heavy atom. The van der Waals surface area contributed by atoms with Crippen LogP contribution >= 0.6 is 12.4 Å². The summed E-state index contributed by atoms with van der Waals surface area (Å²) in [5.41, 5.74) is 5.38. The Balaban J connectivity index is 0.00000180. The molecule has 106 valence electrons. The third-order valence-electron chi connectivity index (χ3n) is 3.38. The fraction of sp³-hybridized carbons (Fsp3) is 0.462. The van der Waals surface area contributed by atoms with Crippen LogP contribution in [0.2, 0.25) is 0 Å². The average Bonchev–Trinajstić information content (AvgIpc) is 2.35. The van der Waals surface area contributed by atoms with Gasteiger partial charge in [-0.1, -0.05) is 19.3 Å². The van der Waals surface area contributed by atoms with Gasteiger partial charge in [0.2, 0.25) is 5.91 Å². The lowest BCUT2D eigenvalue weighted by atomic mass is 9.82. The summed E-state index contributed by atoms with van der Waals surface area (Å²) in [7, 11) is 0. The molecule has 0 heterocycles. The maximum absolute atomic E-state index is 13.0. The van der Waals surface area contributed by atoms with Gasteiger partial charge in [0.05, 0.1) is 5.54 Å². The Morgan fingerprint density at radius 3 is 2.37 bits per heavy atom. The summed E-state index contributed by atoms with van der Waals surface area (Å²) in [5.74, 6) is -2.25. The molecule has 1 aliphatic rings. The number of rotatable bonds is 2. The van der Waals surface area contributed by atoms with Crippen molar-refractivity contribution >= 4 is 24.0 Å². The summed E-state index contributed by atoms with van der Waals surface area (Å²) >= 11 is 0. The molecule has 0 radical (unpaired) electrons. The van der Waals surface area contributed by atoms with Crippen LogP contribution in [0.25, 0.3) is 0 Å². The van der Waals surface area contributed by atoms with E-state index in [9.17, 15) is 13.6 Å². The maximum Gasteiger partial charge on any atom is 0.244 e. The second kappa shape index (κ2) is 6.30. The van der Waals surface area contributed by atoms with E-state index < -0.39 is 17.2 Å². The number of carbonyl (C=O) groups excluding carboxylic acids is 1. The Kier molecular flexibility index (Phi) is 5.26. The number of benzene rings is 1. The van der Waals surface area contributed by atoms with Crippen LogP contribution in [0.3, 0.4) is 0 Å². The topological polar surface area (TPSA) is 55.1 Å². The predicted molar refractivity (Wildman–Crippen MR) is 72.2 cm³/mol. The number of halogens is 3. The van der Waals surface area contributed by atoms with Gasteiger partial charge in [-0.2, -0.15) is 0 Å². The molecule has 1 saturated carbocycles. The summed E-state index contributed by atoms with van der Waals surface area (Å²) in [6.07, 6.45) is 4.17. The van der Waals surface area contributed by atoms with E-state index in [0.717, 1.165) is 31.4 Å². The van der Waals surface area contributed by atoms with Gasteiger partial charge in [-0.25, -0.2) is 8.78 Å². The number of amides is 1. The fourth-order valence-electron chi connectivity index (χ4n) is 2.24. The molecule has 1 aliphatic carbocycles. The molecule has 1 amide bonds. The summed E-state index contributed by atoms with van der Waals surface area (Å²) in [6, 6.07) is 3.26. The molecule has 19 heavy (non-hydrogen) atoms. The molecule has 0 spiro atoms. The van der Waals surface area contributed by atoms with Crippen molar-refractivity contribution in [3.8, 4) is 0 Å². The van der Waals surface area contributed by atoms with Crippen molar-refractivity contribution in [2.45, 2.75) is 37.6 Å². The van der Waals surface area contributed by atoms with Crippen LogP contribution in [0.5, 0.6) is 0 Å². The zero-order valence-corrected chi connectivity index (χ0v) is 11.2. The Morgan fingerprint density at radius 2 is 1.79 bits per heavy atom. The molecule has 0 unspecified atom stereocenters. The van der Waals surface area contributed by atoms with Crippen molar-refractivity contribution in [3.05, 3.63) is 29.8 Å². The van der Waals surface area contributed by atoms with Crippen LogP contribution < -0.4 is 11.1 Å². The van der Waals surface area contributed by atoms with Crippen LogP contribution in [0.4, 0.5) is 14.5 Å². The van der Waals surface area contributed by atoms with Gasteiger partial charge >= 0.3 is 0 Å². The van der Waals surface area contributed by atoms with Gasteiger partial charge in [0, 0.05) is 11.8 Å². The van der Waals surface area contributed by atoms with Crippen LogP contribution in [-0.2, 0) is 4.79 Å². The van der Waals surface area contributed by atoms with E-state index in [2.05, 4.69) is 5.32 Å². The largest absolute Gasteiger partial charge is 0.324 e. The first-order valence-electron chi connectivity index (χ1n) is 6.07. The summed E-state index contributed by atoms with van der Waals surface area (Å²) < 4.78 is 25.8. The number of hydrogen-bond donors (Lipinski definition) is 2. The smallest absolute Gasteiger partial charge is 0.244 e. The molecule has 2 rings (SSSR count). The minimum Gasteiger partial charge on any atom is -0.324 e. The molecular weight excluding hydrogens is 274 g/mol. The van der Waals surface area contributed by atoms with Crippen LogP contribution in [-0.4, -0.2) is 11.4 Å². The summed E-state index contributed by atoms with van der Waals surface area (Å²) in [5, 5.41) is 2.55. The minimum absolute atomic E-state index is 0. The van der Waals surface area contributed by atoms with E-state index in [1.807, 2.05) is 0 Å². The second-order valence-corrected chi connectivity index (χ2v) is 4.80. The van der Waals surface area contributed by atoms with Gasteiger partial charge in [0.1, 0.15) is 0 Å². The van der Waals surface area contributed by atoms with Gasteiger partial charge in [0.15, 0.2) is 11.6 Å². The highest BCUT2D eigenvalue weighted by molar-refractivity contribution is 5.98. The molecule has 0 atom stereocenters. The van der Waals surface area contributed by atoms with Gasteiger partial charge in [0.25, 0.3) is 0 Å². The molecule has 0 aromatic heterocycles. The van der Waals surface area contributed by atoms with Gasteiger partial charge in [-0.05, 0) is 25.0 Å². The quantitative estimate of drug-likeness (QED) is 0.880. The van der Waals surface area contributed by atoms with Crippen LogP contribution in [0.15, 0.2) is 18.2 Å². The van der Waals surface area contributed by atoms with Crippen molar-refractivity contribution in [1.29, 1.82) is 0 Å². The van der Waals surface area contributed by atoms with Gasteiger partial charge < -0.3 is 11.1 Å². The highest BCUT2D eigenvalue weighted by Gasteiger charge is 2.35. The standard InChI is InChI=1S/C13H16F2N2O.ClH/c14-10-5-4-9(8-11(10)15)17-12(18)13(16)6-2-1-3-7-13;/h4-5,8H,1-3,6-7,16H2,(H,17,18);1H. The average molecular weight is 291 g/mol. The number of carbonyl (C=O) groups is 1. The van der Waals surface area contributed by atoms with E-state index in [-0.39, 0.29) is 24.0 Å². The molecule has 0 saturated heterocycles. The molecule has 1 aromatic rings. The number of nitrogens with one attached hydrogen (secondary N) is 1. The molecule has 6 heteroatoms. The molecule has 3 N–H and O–H groups in total. The molecule has 1 aromatic carbocycles. The van der Waals surface area contributed by atoms with E-state index in [1.165, 1.54) is 6.07 Å². The zero-order chi connectivity index (χ0) is 13.2. The summed E-state index contributed by atoms with van der Waals surface area (Å²) in [6.45, 7) is 0. The SMILES string of the molecule is Cl.NC1(C(=O)Nc2ccc(F)c(F)c2)CCCCC1. The van der Waals surface area contributed by atoms with E-state index >= 15 is 0 Å². The molecule has 3 nitrogen and oxygen atoms in total. The van der Waals surface area contributed by atoms with Crippen LogP contribution in [0.1, 0.15) is 32.1 Å². The van der Waals surface area contributed by atoms with Crippen molar-refractivity contribution in [2.24, 2.45) is 5.73 Å². The van der Waals surface area contributed by atoms with E-state index in [4.69, 9.17) is 5.73 Å². The van der Waals surface area contributed by atoms with E-state index in [0.29, 0.717) is 12.8 Å². The third kappa shape index (κ3) is 3.64. The highest BCUT2D eigenvalue weighted by Crippen LogP contribution is 2.27. The third-order valence-corrected chi connectivity index (χ3v) is 3.38. The van der Waals surface area contributed by atoms with E-state index in [1.54, 1.807) is 0 Å². The predicted octanol–water partition coefficient (Wildman–Crippen LogP) is 2.99. The summed E-state index contributed by atoms with van der Waals surface area (Å²) in [4.78, 5) is 12.0. The number of hydrogen-bond acceptors (Lipinski definition) is 2. The first-order valence-corrected chi connectivity index (χ1v) is 6.07. The van der Waals surface area contributed by atoms with Crippen molar-refractivity contribution in [1.82, 2.24) is 0 Å². The maximum atomic E-state index is 13.0. The molecule has 0 bridgehead atoms.